The highest BCUT2D eigenvalue weighted by atomic mass is 79.9. The fraction of sp³-hybridized carbons (Fsp3) is 0. The van der Waals surface area contributed by atoms with Crippen molar-refractivity contribution < 1.29 is 4.42 Å². The van der Waals surface area contributed by atoms with Crippen LogP contribution in [0.5, 0.6) is 0 Å². The monoisotopic (exact) mass is 315 g/mol. The van der Waals surface area contributed by atoms with Gasteiger partial charge in [-0.05, 0) is 18.2 Å². The maximum Gasteiger partial charge on any atom is 0.316 e. The molecule has 5 heteroatoms. The van der Waals surface area contributed by atoms with Crippen molar-refractivity contribution in [3.63, 3.8) is 0 Å². The molecule has 3 rings (SSSR count). The van der Waals surface area contributed by atoms with Crippen molar-refractivity contribution in [1.82, 2.24) is 4.98 Å². The van der Waals surface area contributed by atoms with E-state index in [0.29, 0.717) is 6.01 Å². The van der Waals surface area contributed by atoms with E-state index in [9.17, 15) is 0 Å². The highest BCUT2D eigenvalue weighted by Crippen LogP contribution is 2.18. The van der Waals surface area contributed by atoms with Crippen molar-refractivity contribution in [2.75, 3.05) is 5.43 Å². The number of rotatable bonds is 3. The summed E-state index contributed by atoms with van der Waals surface area (Å²) in [5.74, 6) is 0. The number of nitrogens with one attached hydrogen (secondary N) is 1. The average molecular weight is 316 g/mol. The van der Waals surface area contributed by atoms with Gasteiger partial charge >= 0.3 is 6.01 Å². The summed E-state index contributed by atoms with van der Waals surface area (Å²) in [5.41, 5.74) is 5.30. The van der Waals surface area contributed by atoms with Gasteiger partial charge in [0.2, 0.25) is 0 Å². The predicted molar refractivity (Wildman–Crippen MR) is 79.4 cm³/mol. The summed E-state index contributed by atoms with van der Waals surface area (Å²) >= 11 is 3.45. The van der Waals surface area contributed by atoms with Gasteiger partial charge in [0.1, 0.15) is 5.52 Å². The molecule has 3 aromatic rings. The van der Waals surface area contributed by atoms with Crippen molar-refractivity contribution in [1.29, 1.82) is 0 Å². The largest absolute Gasteiger partial charge is 0.422 e. The Hall–Kier alpha value is -2.14. The molecule has 0 spiro atoms. The van der Waals surface area contributed by atoms with Crippen molar-refractivity contribution in [3.8, 4) is 0 Å². The van der Waals surface area contributed by atoms with Crippen LogP contribution < -0.4 is 5.43 Å². The Kier molecular flexibility index (Phi) is 3.29. The Morgan fingerprint density at radius 3 is 2.74 bits per heavy atom. The lowest BCUT2D eigenvalue weighted by Crippen LogP contribution is -1.91. The summed E-state index contributed by atoms with van der Waals surface area (Å²) in [6.45, 7) is 0. The second-order valence-corrected chi connectivity index (χ2v) is 4.73. The number of anilines is 1. The minimum Gasteiger partial charge on any atom is -0.422 e. The van der Waals surface area contributed by atoms with Crippen LogP contribution in [0.2, 0.25) is 0 Å². The van der Waals surface area contributed by atoms with Gasteiger partial charge in [-0.3, -0.25) is 0 Å². The molecule has 0 radical (unpaired) electrons. The molecule has 0 saturated carbocycles. The van der Waals surface area contributed by atoms with Gasteiger partial charge < -0.3 is 4.42 Å². The molecule has 1 N–H and O–H groups in total. The predicted octanol–water partition coefficient (Wildman–Crippen LogP) is 4.04. The van der Waals surface area contributed by atoms with Crippen LogP contribution >= 0.6 is 15.9 Å². The highest BCUT2D eigenvalue weighted by molar-refractivity contribution is 9.10. The summed E-state index contributed by atoms with van der Waals surface area (Å²) in [5, 5.41) is 4.11. The van der Waals surface area contributed by atoms with E-state index in [4.69, 9.17) is 4.42 Å². The van der Waals surface area contributed by atoms with Gasteiger partial charge in [-0.1, -0.05) is 46.3 Å². The van der Waals surface area contributed by atoms with E-state index in [0.717, 1.165) is 21.1 Å². The first kappa shape index (κ1) is 11.9. The number of aromatic nitrogens is 1. The molecule has 0 saturated heterocycles. The lowest BCUT2D eigenvalue weighted by atomic mass is 10.2. The second-order valence-electron chi connectivity index (χ2n) is 3.88. The highest BCUT2D eigenvalue weighted by Gasteiger charge is 2.02. The first-order valence-electron chi connectivity index (χ1n) is 5.72. The third kappa shape index (κ3) is 2.66. The van der Waals surface area contributed by atoms with Crippen LogP contribution in [-0.2, 0) is 0 Å². The quantitative estimate of drug-likeness (QED) is 0.586. The first-order valence-corrected chi connectivity index (χ1v) is 6.51. The molecule has 1 heterocycles. The number of para-hydroxylation sites is 2. The number of hydrogen-bond donors (Lipinski definition) is 1. The zero-order valence-corrected chi connectivity index (χ0v) is 11.5. The minimum atomic E-state index is 0.379. The molecule has 1 aromatic heterocycles. The van der Waals surface area contributed by atoms with Crippen LogP contribution in [0.4, 0.5) is 6.01 Å². The lowest BCUT2D eigenvalue weighted by Gasteiger charge is -1.96. The summed E-state index contributed by atoms with van der Waals surface area (Å²) in [7, 11) is 0. The molecule has 4 nitrogen and oxygen atoms in total. The Balaban J connectivity index is 1.77. The van der Waals surface area contributed by atoms with Gasteiger partial charge in [0.15, 0.2) is 5.58 Å². The number of halogens is 1. The van der Waals surface area contributed by atoms with E-state index in [1.54, 1.807) is 6.21 Å². The molecule has 0 aliphatic carbocycles. The SMILES string of the molecule is Brc1ccccc1/C=N/Nc1nc2ccccc2o1. The topological polar surface area (TPSA) is 50.4 Å². The van der Waals surface area contributed by atoms with Gasteiger partial charge in [-0.15, -0.1) is 0 Å². The molecular weight excluding hydrogens is 306 g/mol. The number of hydrogen-bond acceptors (Lipinski definition) is 4. The fourth-order valence-corrected chi connectivity index (χ4v) is 2.04. The van der Waals surface area contributed by atoms with E-state index in [1.807, 2.05) is 48.5 Å². The van der Waals surface area contributed by atoms with Gasteiger partial charge in [0.05, 0.1) is 6.21 Å². The van der Waals surface area contributed by atoms with E-state index in [1.165, 1.54) is 0 Å². The van der Waals surface area contributed by atoms with Gasteiger partial charge in [0, 0.05) is 10.0 Å². The van der Waals surface area contributed by atoms with E-state index >= 15 is 0 Å². The zero-order chi connectivity index (χ0) is 13.1. The van der Waals surface area contributed by atoms with Gasteiger partial charge in [-0.25, -0.2) is 5.43 Å². The lowest BCUT2D eigenvalue weighted by molar-refractivity contribution is 0.617. The third-order valence-corrected chi connectivity index (χ3v) is 3.29. The maximum atomic E-state index is 5.49. The maximum absolute atomic E-state index is 5.49. The third-order valence-electron chi connectivity index (χ3n) is 2.56. The Morgan fingerprint density at radius 1 is 1.11 bits per heavy atom. The van der Waals surface area contributed by atoms with Crippen LogP contribution in [0.25, 0.3) is 11.1 Å². The molecule has 0 aliphatic rings. The molecule has 0 atom stereocenters. The number of hydrazone groups is 1. The van der Waals surface area contributed by atoms with Crippen molar-refractivity contribution in [2.24, 2.45) is 5.10 Å². The average Bonchev–Trinajstić information content (AvgIpc) is 2.83. The van der Waals surface area contributed by atoms with E-state index < -0.39 is 0 Å². The Labute approximate surface area is 118 Å². The molecule has 0 amide bonds. The van der Waals surface area contributed by atoms with E-state index in [-0.39, 0.29) is 0 Å². The number of oxazole rings is 1. The van der Waals surface area contributed by atoms with Crippen LogP contribution in [0, 0.1) is 0 Å². The Morgan fingerprint density at radius 2 is 1.89 bits per heavy atom. The molecular formula is C14H10BrN3O. The Bertz CT molecular complexity index is 703. The molecule has 0 bridgehead atoms. The smallest absolute Gasteiger partial charge is 0.316 e. The molecule has 0 unspecified atom stereocenters. The fourth-order valence-electron chi connectivity index (χ4n) is 1.66. The van der Waals surface area contributed by atoms with Crippen molar-refractivity contribution >= 4 is 39.3 Å². The van der Waals surface area contributed by atoms with Crippen molar-refractivity contribution in [2.45, 2.75) is 0 Å². The standard InChI is InChI=1S/C14H10BrN3O/c15-11-6-2-1-5-10(11)9-16-18-14-17-12-7-3-4-8-13(12)19-14/h1-9H,(H,17,18)/b16-9+. The number of nitrogens with zero attached hydrogens (tertiary/aromatic N) is 2. The number of benzene rings is 2. The summed E-state index contributed by atoms with van der Waals surface area (Å²) in [6, 6.07) is 15.8. The molecule has 94 valence electrons. The van der Waals surface area contributed by atoms with Crippen LogP contribution in [-0.4, -0.2) is 11.2 Å². The molecule has 0 aliphatic heterocycles. The van der Waals surface area contributed by atoms with E-state index in [2.05, 4.69) is 31.4 Å². The van der Waals surface area contributed by atoms with Crippen LogP contribution in [0.3, 0.4) is 0 Å². The molecule has 2 aromatic carbocycles. The van der Waals surface area contributed by atoms with Gasteiger partial charge in [0.25, 0.3) is 0 Å². The zero-order valence-electron chi connectivity index (χ0n) is 9.88. The molecule has 19 heavy (non-hydrogen) atoms. The van der Waals surface area contributed by atoms with Crippen molar-refractivity contribution in [3.05, 3.63) is 58.6 Å². The minimum absolute atomic E-state index is 0.379. The normalized spacial score (nSPS) is 11.2. The van der Waals surface area contributed by atoms with Crippen LogP contribution in [0.15, 0.2) is 62.5 Å². The van der Waals surface area contributed by atoms with Gasteiger partial charge in [-0.2, -0.15) is 10.1 Å². The second kappa shape index (κ2) is 5.24. The number of fused-ring (bicyclic) bond motifs is 1. The first-order chi connectivity index (χ1) is 9.33. The summed E-state index contributed by atoms with van der Waals surface area (Å²) < 4.78 is 6.47. The summed E-state index contributed by atoms with van der Waals surface area (Å²) in [4.78, 5) is 4.26. The molecule has 0 fully saturated rings. The summed E-state index contributed by atoms with van der Waals surface area (Å²) in [6.07, 6.45) is 1.71. The van der Waals surface area contributed by atoms with Crippen LogP contribution in [0.1, 0.15) is 5.56 Å².